The van der Waals surface area contributed by atoms with Crippen molar-refractivity contribution in [3.63, 3.8) is 0 Å². The molecule has 10 heteroatoms. The third-order valence-electron chi connectivity index (χ3n) is 2.19. The van der Waals surface area contributed by atoms with Gasteiger partial charge in [-0.1, -0.05) is 11.6 Å². The SMILES string of the molecule is O=[N+]([O-])c1cnc(Cl)nc1Nc1c(Cl)cc(F)cc1Br. The number of nitro groups is 1. The lowest BCUT2D eigenvalue weighted by Gasteiger charge is -2.10. The second kappa shape index (κ2) is 5.86. The van der Waals surface area contributed by atoms with Crippen LogP contribution in [0, 0.1) is 15.9 Å². The van der Waals surface area contributed by atoms with Crippen LogP contribution in [0.25, 0.3) is 0 Å². The van der Waals surface area contributed by atoms with Gasteiger partial charge in [0.05, 0.1) is 15.6 Å². The number of rotatable bonds is 3. The Hall–Kier alpha value is -1.51. The predicted molar refractivity (Wildman–Crippen MR) is 76.1 cm³/mol. The smallest absolute Gasteiger partial charge is 0.329 e. The van der Waals surface area contributed by atoms with Crippen molar-refractivity contribution in [2.24, 2.45) is 0 Å². The third-order valence-corrected chi connectivity index (χ3v) is 3.29. The average molecular weight is 382 g/mol. The fourth-order valence-electron chi connectivity index (χ4n) is 1.36. The van der Waals surface area contributed by atoms with Crippen LogP contribution in [-0.4, -0.2) is 14.9 Å². The predicted octanol–water partition coefficient (Wildman–Crippen LogP) is 4.34. The van der Waals surface area contributed by atoms with Crippen molar-refractivity contribution in [1.82, 2.24) is 9.97 Å². The van der Waals surface area contributed by atoms with Crippen LogP contribution >= 0.6 is 39.1 Å². The first-order chi connectivity index (χ1) is 9.38. The number of benzene rings is 1. The fourth-order valence-corrected chi connectivity index (χ4v) is 2.39. The van der Waals surface area contributed by atoms with Crippen LogP contribution < -0.4 is 5.32 Å². The second-order valence-corrected chi connectivity index (χ2v) is 5.10. The van der Waals surface area contributed by atoms with Crippen LogP contribution in [0.2, 0.25) is 10.3 Å². The lowest BCUT2D eigenvalue weighted by molar-refractivity contribution is -0.384. The number of nitrogens with one attached hydrogen (secondary N) is 1. The highest BCUT2D eigenvalue weighted by Gasteiger charge is 2.19. The zero-order valence-corrected chi connectivity index (χ0v) is 12.5. The first kappa shape index (κ1) is 14.9. The molecule has 1 aromatic heterocycles. The molecule has 0 spiro atoms. The van der Waals surface area contributed by atoms with E-state index >= 15 is 0 Å². The van der Waals surface area contributed by atoms with Crippen molar-refractivity contribution in [3.05, 3.63) is 49.0 Å². The average Bonchev–Trinajstić information content (AvgIpc) is 2.33. The molecule has 1 heterocycles. The molecular weight excluding hydrogens is 378 g/mol. The normalized spacial score (nSPS) is 10.4. The van der Waals surface area contributed by atoms with E-state index in [0.717, 1.165) is 18.3 Å². The zero-order chi connectivity index (χ0) is 14.9. The lowest BCUT2D eigenvalue weighted by atomic mass is 10.3. The molecule has 1 aromatic carbocycles. The maximum atomic E-state index is 13.1. The van der Waals surface area contributed by atoms with E-state index in [-0.39, 0.29) is 32.0 Å². The van der Waals surface area contributed by atoms with E-state index in [2.05, 4.69) is 31.2 Å². The highest BCUT2D eigenvalue weighted by atomic mass is 79.9. The molecule has 0 fully saturated rings. The first-order valence-corrected chi connectivity index (χ1v) is 6.52. The van der Waals surface area contributed by atoms with Crippen LogP contribution in [0.4, 0.5) is 21.6 Å². The molecule has 0 aliphatic rings. The van der Waals surface area contributed by atoms with Gasteiger partial charge in [-0.2, -0.15) is 4.98 Å². The molecule has 0 aliphatic heterocycles. The second-order valence-electron chi connectivity index (χ2n) is 3.50. The molecular formula is C10H4BrCl2FN4O2. The van der Waals surface area contributed by atoms with Crippen molar-refractivity contribution < 1.29 is 9.31 Å². The molecule has 6 nitrogen and oxygen atoms in total. The number of hydrogen-bond donors (Lipinski definition) is 1. The van der Waals surface area contributed by atoms with E-state index in [9.17, 15) is 14.5 Å². The third kappa shape index (κ3) is 3.14. The van der Waals surface area contributed by atoms with Gasteiger partial charge in [-0.15, -0.1) is 0 Å². The molecule has 2 rings (SSSR count). The van der Waals surface area contributed by atoms with Gasteiger partial charge in [0.25, 0.3) is 0 Å². The Morgan fingerprint density at radius 2 is 2.10 bits per heavy atom. The van der Waals surface area contributed by atoms with E-state index in [1.165, 1.54) is 0 Å². The van der Waals surface area contributed by atoms with Gasteiger partial charge in [0.15, 0.2) is 0 Å². The summed E-state index contributed by atoms with van der Waals surface area (Å²) in [6.07, 6.45) is 0.961. The van der Waals surface area contributed by atoms with Crippen molar-refractivity contribution in [2.75, 3.05) is 5.32 Å². The van der Waals surface area contributed by atoms with Gasteiger partial charge in [-0.25, -0.2) is 9.37 Å². The highest BCUT2D eigenvalue weighted by Crippen LogP contribution is 2.35. The summed E-state index contributed by atoms with van der Waals surface area (Å²) in [5, 5.41) is 13.4. The summed E-state index contributed by atoms with van der Waals surface area (Å²) >= 11 is 14.6. The number of aromatic nitrogens is 2. The number of halogens is 4. The Morgan fingerprint density at radius 3 is 2.70 bits per heavy atom. The summed E-state index contributed by atoms with van der Waals surface area (Å²) in [7, 11) is 0. The molecule has 0 saturated carbocycles. The van der Waals surface area contributed by atoms with Gasteiger partial charge >= 0.3 is 5.69 Å². The van der Waals surface area contributed by atoms with Crippen molar-refractivity contribution in [1.29, 1.82) is 0 Å². The van der Waals surface area contributed by atoms with E-state index in [1.807, 2.05) is 0 Å². The number of nitrogens with zero attached hydrogens (tertiary/aromatic N) is 3. The van der Waals surface area contributed by atoms with Crippen LogP contribution in [0.15, 0.2) is 22.8 Å². The molecule has 2 aromatic rings. The van der Waals surface area contributed by atoms with Gasteiger partial charge in [0, 0.05) is 4.47 Å². The van der Waals surface area contributed by atoms with Crippen molar-refractivity contribution in [3.8, 4) is 0 Å². The van der Waals surface area contributed by atoms with E-state index < -0.39 is 10.7 Å². The molecule has 104 valence electrons. The molecule has 0 atom stereocenters. The van der Waals surface area contributed by atoms with Crippen LogP contribution in [0.3, 0.4) is 0 Å². The molecule has 0 amide bonds. The maximum absolute atomic E-state index is 13.1. The van der Waals surface area contributed by atoms with Gasteiger partial charge < -0.3 is 5.32 Å². The summed E-state index contributed by atoms with van der Waals surface area (Å²) < 4.78 is 13.4. The fraction of sp³-hybridized carbons (Fsp3) is 0. The summed E-state index contributed by atoms with van der Waals surface area (Å²) in [5.74, 6) is -0.702. The Morgan fingerprint density at radius 1 is 1.40 bits per heavy atom. The monoisotopic (exact) mass is 380 g/mol. The molecule has 0 aliphatic carbocycles. The Labute approximate surface area is 130 Å². The van der Waals surface area contributed by atoms with E-state index in [4.69, 9.17) is 23.2 Å². The van der Waals surface area contributed by atoms with Gasteiger partial charge in [-0.05, 0) is 39.7 Å². The minimum atomic E-state index is -0.677. The lowest BCUT2D eigenvalue weighted by Crippen LogP contribution is -2.02. The van der Waals surface area contributed by atoms with Crippen LogP contribution in [-0.2, 0) is 0 Å². The molecule has 20 heavy (non-hydrogen) atoms. The number of anilines is 2. The Kier molecular flexibility index (Phi) is 4.36. The molecule has 0 bridgehead atoms. The number of hydrogen-bond acceptors (Lipinski definition) is 5. The summed E-state index contributed by atoms with van der Waals surface area (Å²) in [6.45, 7) is 0. The summed E-state index contributed by atoms with van der Waals surface area (Å²) in [5.41, 5.74) is -0.160. The Bertz CT molecular complexity index is 678. The van der Waals surface area contributed by atoms with Crippen LogP contribution in [0.5, 0.6) is 0 Å². The minimum absolute atomic E-state index is 0.0286. The molecule has 0 saturated heterocycles. The van der Waals surface area contributed by atoms with E-state index in [1.54, 1.807) is 0 Å². The topological polar surface area (TPSA) is 81.0 Å². The largest absolute Gasteiger partial charge is 0.332 e. The molecule has 1 N–H and O–H groups in total. The van der Waals surface area contributed by atoms with Crippen molar-refractivity contribution >= 4 is 56.3 Å². The maximum Gasteiger partial charge on any atom is 0.329 e. The zero-order valence-electron chi connectivity index (χ0n) is 9.40. The van der Waals surface area contributed by atoms with Gasteiger partial charge in [0.1, 0.15) is 12.0 Å². The Balaban J connectivity index is 2.50. The molecule has 0 unspecified atom stereocenters. The summed E-state index contributed by atoms with van der Waals surface area (Å²) in [6, 6.07) is 2.21. The van der Waals surface area contributed by atoms with E-state index in [0.29, 0.717) is 0 Å². The van der Waals surface area contributed by atoms with Gasteiger partial charge in [0.2, 0.25) is 11.1 Å². The molecule has 0 radical (unpaired) electrons. The van der Waals surface area contributed by atoms with Crippen LogP contribution in [0.1, 0.15) is 0 Å². The first-order valence-electron chi connectivity index (χ1n) is 4.97. The quantitative estimate of drug-likeness (QED) is 0.486. The standard InChI is InChI=1S/C10H4BrCl2FN4O2/c11-5-1-4(14)2-6(12)8(5)16-9-7(18(19)20)3-15-10(13)17-9/h1-3H,(H,15,16,17). The van der Waals surface area contributed by atoms with Gasteiger partial charge in [-0.3, -0.25) is 10.1 Å². The summed E-state index contributed by atoms with van der Waals surface area (Å²) in [4.78, 5) is 17.5. The minimum Gasteiger partial charge on any atom is -0.332 e. The highest BCUT2D eigenvalue weighted by molar-refractivity contribution is 9.10. The van der Waals surface area contributed by atoms with Crippen molar-refractivity contribution in [2.45, 2.75) is 0 Å².